The largest absolute Gasteiger partial charge is 0.367 e. The van der Waals surface area contributed by atoms with Crippen LogP contribution in [0, 0.1) is 12.3 Å². The third-order valence-corrected chi connectivity index (χ3v) is 6.15. The molecule has 5 nitrogen and oxygen atoms in total. The summed E-state index contributed by atoms with van der Waals surface area (Å²) in [6, 6.07) is 6.60. The first-order valence-electron chi connectivity index (χ1n) is 7.45. The van der Waals surface area contributed by atoms with Crippen LogP contribution in [-0.2, 0) is 23.8 Å². The van der Waals surface area contributed by atoms with Crippen molar-refractivity contribution in [1.82, 2.24) is 0 Å². The van der Waals surface area contributed by atoms with Crippen LogP contribution in [0.2, 0.25) is 0 Å². The summed E-state index contributed by atoms with van der Waals surface area (Å²) in [5.74, 6) is 0. The van der Waals surface area contributed by atoms with Gasteiger partial charge in [-0.2, -0.15) is 8.42 Å². The molecule has 1 aromatic rings. The Morgan fingerprint density at radius 3 is 2.32 bits per heavy atom. The summed E-state index contributed by atoms with van der Waals surface area (Å²) in [5, 5.41) is 0. The predicted octanol–water partition coefficient (Wildman–Crippen LogP) is 2.23. The highest BCUT2D eigenvalue weighted by molar-refractivity contribution is 7.86. The molecule has 0 spiro atoms. The van der Waals surface area contributed by atoms with E-state index in [0.29, 0.717) is 19.4 Å². The Kier molecular flexibility index (Phi) is 3.87. The molecule has 3 fully saturated rings. The van der Waals surface area contributed by atoms with E-state index < -0.39 is 15.7 Å². The molecule has 6 heteroatoms. The van der Waals surface area contributed by atoms with Gasteiger partial charge in [0, 0.05) is 5.41 Å². The average Bonchev–Trinajstić information content (AvgIpc) is 2.55. The lowest BCUT2D eigenvalue weighted by Gasteiger charge is -2.50. The summed E-state index contributed by atoms with van der Waals surface area (Å²) < 4.78 is 35.5. The monoisotopic (exact) mass is 324 g/mol. The Balaban J connectivity index is 1.68. The molecule has 0 radical (unpaired) electrons. The molecule has 1 aromatic carbocycles. The van der Waals surface area contributed by atoms with Crippen molar-refractivity contribution in [2.24, 2.45) is 5.41 Å². The fourth-order valence-corrected chi connectivity index (χ4v) is 4.11. The topological polar surface area (TPSA) is 69.7 Å². The summed E-state index contributed by atoms with van der Waals surface area (Å²) >= 11 is 0. The van der Waals surface area contributed by atoms with Gasteiger partial charge in [-0.1, -0.05) is 17.7 Å². The number of aryl methyl sites for hydroxylation is 1. The highest BCUT2D eigenvalue weighted by Gasteiger charge is 2.50. The van der Waals surface area contributed by atoms with E-state index in [1.165, 1.54) is 0 Å². The van der Waals surface area contributed by atoms with Gasteiger partial charge in [0.25, 0.3) is 10.1 Å². The molecule has 3 aliphatic rings. The summed E-state index contributed by atoms with van der Waals surface area (Å²) in [5.41, 5.74) is 0.0656. The van der Waals surface area contributed by atoms with Crippen molar-refractivity contribution in [3.63, 3.8) is 0 Å². The zero-order valence-corrected chi connectivity index (χ0v) is 13.4. The van der Waals surface area contributed by atoms with Crippen molar-refractivity contribution in [2.75, 3.05) is 13.2 Å². The quantitative estimate of drug-likeness (QED) is 0.613. The summed E-state index contributed by atoms with van der Waals surface area (Å²) in [4.78, 5) is 11.3. The third kappa shape index (κ3) is 2.83. The number of aldehydes is 1. The fraction of sp³-hybridized carbons (Fsp3) is 0.562. The number of rotatable bonds is 5. The van der Waals surface area contributed by atoms with Crippen LogP contribution < -0.4 is 0 Å². The predicted molar refractivity (Wildman–Crippen MR) is 80.0 cm³/mol. The highest BCUT2D eigenvalue weighted by Crippen LogP contribution is 2.48. The minimum absolute atomic E-state index is 0.109. The molecule has 0 amide bonds. The fourth-order valence-electron chi connectivity index (χ4n) is 3.10. The van der Waals surface area contributed by atoms with Gasteiger partial charge in [0.2, 0.25) is 0 Å². The van der Waals surface area contributed by atoms with Crippen LogP contribution in [0.1, 0.15) is 31.2 Å². The number of benzene rings is 1. The molecule has 1 aliphatic carbocycles. The van der Waals surface area contributed by atoms with Gasteiger partial charge < -0.3 is 9.53 Å². The van der Waals surface area contributed by atoms with Gasteiger partial charge in [-0.05, 0) is 44.7 Å². The van der Waals surface area contributed by atoms with Crippen LogP contribution in [0.3, 0.4) is 0 Å². The summed E-state index contributed by atoms with van der Waals surface area (Å²) in [6.45, 7) is 2.39. The van der Waals surface area contributed by atoms with Gasteiger partial charge in [-0.15, -0.1) is 0 Å². The van der Waals surface area contributed by atoms with Crippen molar-refractivity contribution >= 4 is 16.4 Å². The van der Waals surface area contributed by atoms with Crippen LogP contribution in [0.15, 0.2) is 29.2 Å². The van der Waals surface area contributed by atoms with Crippen LogP contribution in [0.5, 0.6) is 0 Å². The Hall–Kier alpha value is -1.24. The number of hydrogen-bond donors (Lipinski definition) is 0. The van der Waals surface area contributed by atoms with E-state index in [9.17, 15) is 13.2 Å². The standard InChI is InChI=1S/C16H20O5S/c1-13-2-4-14(5-3-13)22(18,19)21-12-15-6-8-16(10-17,9-7-15)20-11-15/h2-5,10H,6-9,11-12H2,1H3. The van der Waals surface area contributed by atoms with Crippen LogP contribution in [0.4, 0.5) is 0 Å². The number of ether oxygens (including phenoxy) is 1. The molecule has 2 heterocycles. The van der Waals surface area contributed by atoms with Crippen LogP contribution in [0.25, 0.3) is 0 Å². The minimum atomic E-state index is -3.75. The molecular formula is C16H20O5S. The van der Waals surface area contributed by atoms with Gasteiger partial charge in [0.05, 0.1) is 18.1 Å². The molecule has 2 aliphatic heterocycles. The zero-order valence-electron chi connectivity index (χ0n) is 12.6. The van der Waals surface area contributed by atoms with Gasteiger partial charge >= 0.3 is 0 Å². The van der Waals surface area contributed by atoms with Crippen LogP contribution in [-0.4, -0.2) is 33.5 Å². The van der Waals surface area contributed by atoms with Gasteiger partial charge in [0.1, 0.15) is 5.60 Å². The van der Waals surface area contributed by atoms with Crippen molar-refractivity contribution in [3.05, 3.63) is 29.8 Å². The molecule has 1 saturated carbocycles. The van der Waals surface area contributed by atoms with Crippen molar-refractivity contribution < 1.29 is 22.1 Å². The number of fused-ring (bicyclic) bond motifs is 3. The molecule has 4 rings (SSSR count). The second kappa shape index (κ2) is 5.44. The Labute approximate surface area is 130 Å². The smallest absolute Gasteiger partial charge is 0.296 e. The SMILES string of the molecule is Cc1ccc(S(=O)(=O)OCC23CCC(C=O)(CC2)OC3)cc1. The van der Waals surface area contributed by atoms with E-state index in [4.69, 9.17) is 8.92 Å². The second-order valence-corrected chi connectivity index (χ2v) is 8.12. The lowest BCUT2D eigenvalue weighted by molar-refractivity contribution is -0.186. The van der Waals surface area contributed by atoms with E-state index in [-0.39, 0.29) is 16.9 Å². The van der Waals surface area contributed by atoms with Crippen molar-refractivity contribution in [2.45, 2.75) is 43.1 Å². The normalized spacial score (nSPS) is 31.1. The first-order valence-corrected chi connectivity index (χ1v) is 8.86. The maximum absolute atomic E-state index is 12.3. The molecule has 2 bridgehead atoms. The second-order valence-electron chi connectivity index (χ2n) is 6.50. The zero-order chi connectivity index (χ0) is 15.8. The molecular weight excluding hydrogens is 304 g/mol. The molecule has 0 N–H and O–H groups in total. The molecule has 0 atom stereocenters. The van der Waals surface area contributed by atoms with E-state index in [1.807, 2.05) is 6.92 Å². The van der Waals surface area contributed by atoms with Gasteiger partial charge in [-0.25, -0.2) is 0 Å². The van der Waals surface area contributed by atoms with Crippen molar-refractivity contribution in [3.8, 4) is 0 Å². The maximum Gasteiger partial charge on any atom is 0.296 e. The van der Waals surface area contributed by atoms with Gasteiger partial charge in [0.15, 0.2) is 6.29 Å². The number of hydrogen-bond acceptors (Lipinski definition) is 5. The molecule has 0 aromatic heterocycles. The first-order chi connectivity index (χ1) is 10.4. The number of carbonyl (C=O) groups is 1. The first kappa shape index (κ1) is 15.6. The van der Waals surface area contributed by atoms with E-state index in [1.54, 1.807) is 24.3 Å². The lowest BCUT2D eigenvalue weighted by atomic mass is 9.67. The van der Waals surface area contributed by atoms with Crippen molar-refractivity contribution in [1.29, 1.82) is 0 Å². The van der Waals surface area contributed by atoms with E-state index in [0.717, 1.165) is 24.7 Å². The molecule has 2 saturated heterocycles. The lowest BCUT2D eigenvalue weighted by Crippen LogP contribution is -2.53. The summed E-state index contributed by atoms with van der Waals surface area (Å²) in [7, 11) is -3.75. The molecule has 0 unspecified atom stereocenters. The highest BCUT2D eigenvalue weighted by atomic mass is 32.2. The molecule has 120 valence electrons. The van der Waals surface area contributed by atoms with E-state index >= 15 is 0 Å². The third-order valence-electron chi connectivity index (χ3n) is 4.87. The summed E-state index contributed by atoms with van der Waals surface area (Å²) in [6.07, 6.45) is 3.69. The molecule has 22 heavy (non-hydrogen) atoms. The van der Waals surface area contributed by atoms with Crippen LogP contribution >= 0.6 is 0 Å². The Morgan fingerprint density at radius 2 is 1.82 bits per heavy atom. The van der Waals surface area contributed by atoms with Gasteiger partial charge in [-0.3, -0.25) is 4.18 Å². The average molecular weight is 324 g/mol. The Morgan fingerprint density at radius 1 is 1.18 bits per heavy atom. The number of carbonyl (C=O) groups excluding carboxylic acids is 1. The maximum atomic E-state index is 12.3. The minimum Gasteiger partial charge on any atom is -0.367 e. The van der Waals surface area contributed by atoms with E-state index in [2.05, 4.69) is 0 Å². The Bertz CT molecular complexity index is 638.